The predicted molar refractivity (Wildman–Crippen MR) is 81.1 cm³/mol. The molecular weight excluding hydrogens is 296 g/mol. The molecule has 0 bridgehead atoms. The Hall–Kier alpha value is -0.0300. The molecule has 96 valence electrons. The number of hydrazine groups is 1. The van der Waals surface area contributed by atoms with Gasteiger partial charge >= 0.3 is 0 Å². The van der Waals surface area contributed by atoms with Crippen molar-refractivity contribution in [1.29, 1.82) is 0 Å². The molecule has 0 spiro atoms. The van der Waals surface area contributed by atoms with Crippen LogP contribution in [0.5, 0.6) is 0 Å². The monoisotopic (exact) mass is 316 g/mol. The van der Waals surface area contributed by atoms with E-state index in [1.165, 1.54) is 11.3 Å². The van der Waals surface area contributed by atoms with E-state index in [-0.39, 0.29) is 0 Å². The highest BCUT2D eigenvalue weighted by Gasteiger charge is 2.08. The first kappa shape index (κ1) is 15.0. The van der Waals surface area contributed by atoms with Crippen LogP contribution in [0.25, 0.3) is 0 Å². The van der Waals surface area contributed by atoms with Crippen molar-refractivity contribution in [1.82, 2.24) is 5.43 Å². The Labute approximate surface area is 117 Å². The van der Waals surface area contributed by atoms with Crippen molar-refractivity contribution in [3.05, 3.63) is 34.3 Å². The average Bonchev–Trinajstić information content (AvgIpc) is 2.30. The zero-order valence-electron chi connectivity index (χ0n) is 10.4. The van der Waals surface area contributed by atoms with Crippen LogP contribution >= 0.6 is 27.7 Å². The largest absolute Gasteiger partial charge is 0.271 e. The number of benzene rings is 1. The third kappa shape index (κ3) is 6.46. The smallest absolute Gasteiger partial charge is 0.0341 e. The van der Waals surface area contributed by atoms with Crippen molar-refractivity contribution in [2.45, 2.75) is 26.3 Å². The van der Waals surface area contributed by atoms with E-state index in [1.807, 2.05) is 11.8 Å². The highest BCUT2D eigenvalue weighted by molar-refractivity contribution is 9.10. The van der Waals surface area contributed by atoms with Crippen LogP contribution < -0.4 is 11.3 Å². The molecule has 4 heteroatoms. The molecule has 0 radical (unpaired) electrons. The van der Waals surface area contributed by atoms with E-state index in [4.69, 9.17) is 5.84 Å². The van der Waals surface area contributed by atoms with Gasteiger partial charge in [-0.3, -0.25) is 11.3 Å². The lowest BCUT2D eigenvalue weighted by Gasteiger charge is -2.16. The first-order valence-corrected chi connectivity index (χ1v) is 7.85. The molecule has 1 unspecified atom stereocenters. The second kappa shape index (κ2) is 8.14. The van der Waals surface area contributed by atoms with Crippen molar-refractivity contribution < 1.29 is 0 Å². The molecule has 0 aliphatic heterocycles. The first-order chi connectivity index (χ1) is 8.11. The molecule has 0 aromatic heterocycles. The molecular formula is C13H21BrN2S. The second-order valence-electron chi connectivity index (χ2n) is 4.63. The van der Waals surface area contributed by atoms with Crippen LogP contribution in [0.3, 0.4) is 0 Å². The van der Waals surface area contributed by atoms with Crippen molar-refractivity contribution >= 4 is 27.7 Å². The zero-order chi connectivity index (χ0) is 12.7. The number of thioether (sulfide) groups is 1. The minimum Gasteiger partial charge on any atom is -0.271 e. The summed E-state index contributed by atoms with van der Waals surface area (Å²) in [5, 5.41) is 0. The van der Waals surface area contributed by atoms with Crippen molar-refractivity contribution in [3.8, 4) is 0 Å². The molecule has 1 aromatic carbocycles. The summed E-state index contributed by atoms with van der Waals surface area (Å²) >= 11 is 5.41. The number of nitrogens with one attached hydrogen (secondary N) is 1. The number of hydrogen-bond acceptors (Lipinski definition) is 3. The maximum absolute atomic E-state index is 5.59. The molecule has 0 aliphatic carbocycles. The van der Waals surface area contributed by atoms with Gasteiger partial charge < -0.3 is 0 Å². The van der Waals surface area contributed by atoms with E-state index in [1.54, 1.807) is 0 Å². The maximum Gasteiger partial charge on any atom is 0.0341 e. The van der Waals surface area contributed by atoms with Crippen LogP contribution in [0.2, 0.25) is 0 Å². The number of hydrogen-bond donors (Lipinski definition) is 2. The molecule has 0 saturated carbocycles. The van der Waals surface area contributed by atoms with Crippen molar-refractivity contribution in [3.63, 3.8) is 0 Å². The molecule has 0 saturated heterocycles. The molecule has 1 rings (SSSR count). The summed E-state index contributed by atoms with van der Waals surface area (Å²) in [5.74, 6) is 8.59. The summed E-state index contributed by atoms with van der Waals surface area (Å²) in [7, 11) is 0. The van der Waals surface area contributed by atoms with Gasteiger partial charge in [0.25, 0.3) is 0 Å². The highest BCUT2D eigenvalue weighted by atomic mass is 79.9. The highest BCUT2D eigenvalue weighted by Crippen LogP contribution is 2.14. The minimum atomic E-state index is 0.347. The summed E-state index contributed by atoms with van der Waals surface area (Å²) in [4.78, 5) is 0. The van der Waals surface area contributed by atoms with Gasteiger partial charge in [0, 0.05) is 16.3 Å². The molecule has 3 N–H and O–H groups in total. The third-order valence-electron chi connectivity index (χ3n) is 2.40. The quantitative estimate of drug-likeness (QED) is 0.599. The average molecular weight is 317 g/mol. The van der Waals surface area contributed by atoms with Gasteiger partial charge in [0.1, 0.15) is 0 Å². The molecule has 0 fully saturated rings. The molecule has 1 aromatic rings. The maximum atomic E-state index is 5.59. The number of halogens is 1. The fraction of sp³-hybridized carbons (Fsp3) is 0.538. The summed E-state index contributed by atoms with van der Waals surface area (Å²) in [6.07, 6.45) is 0.981. The SMILES string of the molecule is CC(C)CSCC(Cc1ccc(Br)cc1)NN. The Bertz CT molecular complexity index is 314. The Morgan fingerprint density at radius 2 is 1.88 bits per heavy atom. The minimum absolute atomic E-state index is 0.347. The van der Waals surface area contributed by atoms with E-state index in [0.717, 1.165) is 22.6 Å². The molecule has 1 atom stereocenters. The topological polar surface area (TPSA) is 38.0 Å². The summed E-state index contributed by atoms with van der Waals surface area (Å²) in [5.41, 5.74) is 4.23. The first-order valence-electron chi connectivity index (χ1n) is 5.90. The van der Waals surface area contributed by atoms with Crippen molar-refractivity contribution in [2.75, 3.05) is 11.5 Å². The van der Waals surface area contributed by atoms with Gasteiger partial charge in [0.05, 0.1) is 0 Å². The van der Waals surface area contributed by atoms with Crippen LogP contribution in [0.4, 0.5) is 0 Å². The Morgan fingerprint density at radius 3 is 2.41 bits per heavy atom. The fourth-order valence-corrected chi connectivity index (χ4v) is 2.89. The van der Waals surface area contributed by atoms with E-state index in [9.17, 15) is 0 Å². The summed E-state index contributed by atoms with van der Waals surface area (Å²) in [6, 6.07) is 8.78. The Balaban J connectivity index is 2.38. The van der Waals surface area contributed by atoms with Gasteiger partial charge in [-0.1, -0.05) is 41.9 Å². The van der Waals surface area contributed by atoms with Gasteiger partial charge in [-0.25, -0.2) is 0 Å². The van der Waals surface area contributed by atoms with Gasteiger partial charge in [0.2, 0.25) is 0 Å². The fourth-order valence-electron chi connectivity index (χ4n) is 1.52. The lowest BCUT2D eigenvalue weighted by molar-refractivity contribution is 0.574. The van der Waals surface area contributed by atoms with E-state index >= 15 is 0 Å². The third-order valence-corrected chi connectivity index (χ3v) is 4.47. The Morgan fingerprint density at radius 1 is 1.24 bits per heavy atom. The van der Waals surface area contributed by atoms with Gasteiger partial charge in [-0.05, 0) is 35.8 Å². The lowest BCUT2D eigenvalue weighted by Crippen LogP contribution is -2.38. The molecule has 17 heavy (non-hydrogen) atoms. The Kier molecular flexibility index (Phi) is 7.19. The molecule has 0 heterocycles. The normalized spacial score (nSPS) is 13.0. The second-order valence-corrected chi connectivity index (χ2v) is 6.62. The van der Waals surface area contributed by atoms with Gasteiger partial charge in [0.15, 0.2) is 0 Å². The number of rotatable bonds is 7. The van der Waals surface area contributed by atoms with Crippen LogP contribution in [-0.2, 0) is 6.42 Å². The molecule has 0 amide bonds. The summed E-state index contributed by atoms with van der Waals surface area (Å²) in [6.45, 7) is 4.49. The van der Waals surface area contributed by atoms with Gasteiger partial charge in [-0.15, -0.1) is 0 Å². The lowest BCUT2D eigenvalue weighted by atomic mass is 10.1. The van der Waals surface area contributed by atoms with Crippen molar-refractivity contribution in [2.24, 2.45) is 11.8 Å². The van der Waals surface area contributed by atoms with Crippen LogP contribution in [-0.4, -0.2) is 17.5 Å². The van der Waals surface area contributed by atoms with E-state index in [0.29, 0.717) is 6.04 Å². The van der Waals surface area contributed by atoms with Crippen LogP contribution in [0.1, 0.15) is 19.4 Å². The van der Waals surface area contributed by atoms with Crippen LogP contribution in [0.15, 0.2) is 28.7 Å². The standard InChI is InChI=1S/C13H21BrN2S/c1-10(2)8-17-9-13(16-15)7-11-3-5-12(14)6-4-11/h3-6,10,13,16H,7-9,15H2,1-2H3. The summed E-state index contributed by atoms with van der Waals surface area (Å²) < 4.78 is 1.12. The van der Waals surface area contributed by atoms with E-state index < -0.39 is 0 Å². The molecule has 0 aliphatic rings. The molecule has 2 nitrogen and oxygen atoms in total. The zero-order valence-corrected chi connectivity index (χ0v) is 12.9. The van der Waals surface area contributed by atoms with E-state index in [2.05, 4.69) is 59.5 Å². The van der Waals surface area contributed by atoms with Crippen LogP contribution in [0, 0.1) is 5.92 Å². The number of nitrogens with two attached hydrogens (primary N) is 1. The predicted octanol–water partition coefficient (Wildman–Crippen LogP) is 3.21. The van der Waals surface area contributed by atoms with Gasteiger partial charge in [-0.2, -0.15) is 11.8 Å².